The maximum absolute atomic E-state index is 2.58. The summed E-state index contributed by atoms with van der Waals surface area (Å²) in [6.45, 7) is 11.2. The maximum Gasteiger partial charge on any atom is 0.146 e. The van der Waals surface area contributed by atoms with Crippen molar-refractivity contribution in [3.05, 3.63) is 0 Å². The molecule has 3 saturated carbocycles. The number of hydrogen-bond donors (Lipinski definition) is 0. The number of rotatable bonds is 2. The molecule has 17 heavy (non-hydrogen) atoms. The second-order valence-corrected chi connectivity index (χ2v) is 7.88. The molecule has 0 unspecified atom stereocenters. The van der Waals surface area contributed by atoms with E-state index in [1.54, 1.807) is 19.2 Å². The second kappa shape index (κ2) is 4.03. The van der Waals surface area contributed by atoms with E-state index in [1.165, 1.54) is 19.3 Å². The first-order valence-electron chi connectivity index (χ1n) is 8.05. The van der Waals surface area contributed by atoms with Crippen LogP contribution in [-0.2, 0) is 0 Å². The molecule has 2 bridgehead atoms. The Labute approximate surface area is 108 Å². The minimum absolute atomic E-state index is 0.677. The van der Waals surface area contributed by atoms with Gasteiger partial charge in [0.2, 0.25) is 0 Å². The molecule has 0 aromatic rings. The van der Waals surface area contributed by atoms with Crippen LogP contribution in [0.1, 0.15) is 59.8 Å². The van der Waals surface area contributed by atoms with Gasteiger partial charge in [-0.2, -0.15) is 0 Å². The molecule has 0 amide bonds. The monoisotopic (exact) mass is 232 g/mol. The van der Waals surface area contributed by atoms with Gasteiger partial charge in [0.1, 0.15) is 6.71 Å². The van der Waals surface area contributed by atoms with Gasteiger partial charge in [-0.3, -0.25) is 0 Å². The number of fused-ring (bicyclic) bond motifs is 2. The molecule has 4 rings (SSSR count). The van der Waals surface area contributed by atoms with Gasteiger partial charge < -0.3 is 0 Å². The van der Waals surface area contributed by atoms with Gasteiger partial charge in [-0.15, -0.1) is 0 Å². The molecule has 5 atom stereocenters. The molecule has 4 fully saturated rings. The molecule has 1 heterocycles. The molecule has 4 aliphatic rings. The summed E-state index contributed by atoms with van der Waals surface area (Å²) in [4.78, 5) is 0. The minimum Gasteiger partial charge on any atom is -0.0737 e. The van der Waals surface area contributed by atoms with E-state index in [-0.39, 0.29) is 0 Å². The summed E-state index contributed by atoms with van der Waals surface area (Å²) in [5, 5.41) is 0. The Morgan fingerprint density at radius 1 is 1.24 bits per heavy atom. The first kappa shape index (κ1) is 12.1. The molecule has 0 aromatic carbocycles. The molecule has 96 valence electrons. The predicted octanol–water partition coefficient (Wildman–Crippen LogP) is 5.13. The van der Waals surface area contributed by atoms with E-state index < -0.39 is 0 Å². The highest BCUT2D eigenvalue weighted by molar-refractivity contribution is 6.63. The van der Waals surface area contributed by atoms with Crippen LogP contribution in [0.5, 0.6) is 0 Å². The van der Waals surface area contributed by atoms with E-state index in [2.05, 4.69) is 27.7 Å². The first-order valence-corrected chi connectivity index (χ1v) is 8.05. The third-order valence-electron chi connectivity index (χ3n) is 7.21. The van der Waals surface area contributed by atoms with Gasteiger partial charge in [0, 0.05) is 0 Å². The Balaban J connectivity index is 1.74. The summed E-state index contributed by atoms with van der Waals surface area (Å²) in [5.41, 5.74) is 0.677. The molecule has 1 saturated heterocycles. The van der Waals surface area contributed by atoms with E-state index in [4.69, 9.17) is 0 Å². The zero-order valence-corrected chi connectivity index (χ0v) is 12.2. The van der Waals surface area contributed by atoms with Crippen molar-refractivity contribution in [2.75, 3.05) is 0 Å². The lowest BCUT2D eigenvalue weighted by Gasteiger charge is -2.63. The summed E-state index contributed by atoms with van der Waals surface area (Å²) >= 11 is 0. The van der Waals surface area contributed by atoms with Crippen molar-refractivity contribution in [3.8, 4) is 0 Å². The highest BCUT2D eigenvalue weighted by atomic mass is 14.6. The van der Waals surface area contributed by atoms with Gasteiger partial charge >= 0.3 is 0 Å². The van der Waals surface area contributed by atoms with Crippen molar-refractivity contribution in [1.82, 2.24) is 0 Å². The molecule has 1 heteroatoms. The molecule has 3 aliphatic carbocycles. The van der Waals surface area contributed by atoms with Crippen molar-refractivity contribution in [2.45, 2.75) is 77.8 Å². The summed E-state index contributed by atoms with van der Waals surface area (Å²) in [6.07, 6.45) is 9.15. The molecule has 1 aliphatic heterocycles. The zero-order chi connectivity index (χ0) is 12.2. The van der Waals surface area contributed by atoms with Crippen LogP contribution in [-0.4, -0.2) is 6.71 Å². The van der Waals surface area contributed by atoms with Gasteiger partial charge in [0.25, 0.3) is 0 Å². The van der Waals surface area contributed by atoms with Gasteiger partial charge in [0.05, 0.1) is 0 Å². The van der Waals surface area contributed by atoms with Crippen LogP contribution < -0.4 is 0 Å². The predicted molar refractivity (Wildman–Crippen MR) is 76.7 cm³/mol. The summed E-state index contributed by atoms with van der Waals surface area (Å²) < 4.78 is 0. The summed E-state index contributed by atoms with van der Waals surface area (Å²) in [6, 6.07) is 0. The van der Waals surface area contributed by atoms with Gasteiger partial charge in [0.15, 0.2) is 0 Å². The minimum atomic E-state index is 0.677. The molecule has 0 aromatic heterocycles. The molecule has 0 nitrogen and oxygen atoms in total. The summed E-state index contributed by atoms with van der Waals surface area (Å²) in [7, 11) is 0. The highest BCUT2D eigenvalue weighted by Crippen LogP contribution is 2.66. The topological polar surface area (TPSA) is 0 Å². The van der Waals surface area contributed by atoms with E-state index >= 15 is 0 Å². The van der Waals surface area contributed by atoms with Crippen LogP contribution >= 0.6 is 0 Å². The lowest BCUT2D eigenvalue weighted by atomic mass is 9.26. The molecular weight excluding hydrogens is 203 g/mol. The van der Waals surface area contributed by atoms with Crippen LogP contribution in [0, 0.1) is 23.2 Å². The van der Waals surface area contributed by atoms with Gasteiger partial charge in [-0.25, -0.2) is 0 Å². The van der Waals surface area contributed by atoms with E-state index in [1.807, 2.05) is 0 Å². The lowest BCUT2D eigenvalue weighted by molar-refractivity contribution is -0.0993. The van der Waals surface area contributed by atoms with Gasteiger partial charge in [-0.05, 0) is 29.6 Å². The fourth-order valence-electron chi connectivity index (χ4n) is 5.89. The molecule has 0 radical (unpaired) electrons. The highest BCUT2D eigenvalue weighted by Gasteiger charge is 2.58. The van der Waals surface area contributed by atoms with Crippen LogP contribution in [0.25, 0.3) is 0 Å². The van der Waals surface area contributed by atoms with Gasteiger partial charge in [-0.1, -0.05) is 71.3 Å². The summed E-state index contributed by atoms with van der Waals surface area (Å²) in [5.74, 6) is 5.27. The Bertz CT molecular complexity index is 296. The number of hydrogen-bond acceptors (Lipinski definition) is 0. The maximum atomic E-state index is 2.58. The molecular formula is C16H29B. The van der Waals surface area contributed by atoms with Crippen molar-refractivity contribution >= 4 is 6.71 Å². The van der Waals surface area contributed by atoms with Crippen molar-refractivity contribution in [3.63, 3.8) is 0 Å². The third-order valence-corrected chi connectivity index (χ3v) is 7.21. The fraction of sp³-hybridized carbons (Fsp3) is 1.00. The van der Waals surface area contributed by atoms with Crippen molar-refractivity contribution in [2.24, 2.45) is 23.2 Å². The van der Waals surface area contributed by atoms with Crippen molar-refractivity contribution in [1.29, 1.82) is 0 Å². The van der Waals surface area contributed by atoms with Crippen LogP contribution in [0.4, 0.5) is 0 Å². The third kappa shape index (κ3) is 1.64. The second-order valence-electron chi connectivity index (χ2n) is 7.88. The van der Waals surface area contributed by atoms with Crippen LogP contribution in [0.2, 0.25) is 18.0 Å². The Morgan fingerprint density at radius 3 is 2.59 bits per heavy atom. The molecule has 0 N–H and O–H groups in total. The fourth-order valence-corrected chi connectivity index (χ4v) is 5.89. The Morgan fingerprint density at radius 2 is 2.00 bits per heavy atom. The zero-order valence-electron chi connectivity index (χ0n) is 12.2. The van der Waals surface area contributed by atoms with Crippen LogP contribution in [0.3, 0.4) is 0 Å². The smallest absolute Gasteiger partial charge is 0.0737 e. The normalized spacial score (nSPS) is 48.0. The van der Waals surface area contributed by atoms with E-state index in [0.29, 0.717) is 5.41 Å². The van der Waals surface area contributed by atoms with E-state index in [0.717, 1.165) is 36.1 Å². The quantitative estimate of drug-likeness (QED) is 0.579. The lowest BCUT2D eigenvalue weighted by Crippen LogP contribution is -2.55. The van der Waals surface area contributed by atoms with Crippen molar-refractivity contribution < 1.29 is 0 Å². The first-order chi connectivity index (χ1) is 8.05. The van der Waals surface area contributed by atoms with Crippen LogP contribution in [0.15, 0.2) is 0 Å². The SMILES string of the molecule is CC[C@@H]1CCCB1[C@@H]1C[C@@H]2C[C@H]([C@H]1C)C2(C)C. The Hall–Kier alpha value is 0.0649. The molecule has 0 spiro atoms. The Kier molecular flexibility index (Phi) is 2.87. The average Bonchev–Trinajstić information content (AvgIpc) is 2.76. The standard InChI is InChI=1S/C16H29B/c1-5-13-7-6-8-17(13)15-10-12-9-14(11(15)2)16(12,3)4/h11-15H,5-10H2,1-4H3/t11-,12+,13-,14-,15-/m1/s1. The largest absolute Gasteiger partial charge is 0.146 e. The van der Waals surface area contributed by atoms with E-state index in [9.17, 15) is 0 Å². The average molecular weight is 232 g/mol.